The third-order valence-electron chi connectivity index (χ3n) is 2.27. The molecule has 2 rings (SSSR count). The highest BCUT2D eigenvalue weighted by Crippen LogP contribution is 2.30. The number of halogens is 1. The monoisotopic (exact) mass is 208 g/mol. The highest BCUT2D eigenvalue weighted by molar-refractivity contribution is 6.51. The van der Waals surface area contributed by atoms with Gasteiger partial charge in [-0.3, -0.25) is 9.59 Å². The topological polar surface area (TPSA) is 49.4 Å². The summed E-state index contributed by atoms with van der Waals surface area (Å²) in [6.45, 7) is 0. The van der Waals surface area contributed by atoms with E-state index in [9.17, 15) is 14.0 Å². The fourth-order valence-electron chi connectivity index (χ4n) is 1.50. The molecular weight excluding hydrogens is 199 g/mol. The van der Waals surface area contributed by atoms with E-state index in [1.807, 2.05) is 0 Å². The molecular formula is C10H9FN2O2. The Morgan fingerprint density at radius 1 is 1.27 bits per heavy atom. The summed E-state index contributed by atoms with van der Waals surface area (Å²) in [5.74, 6) is -1.90. The van der Waals surface area contributed by atoms with Crippen molar-refractivity contribution in [3.05, 3.63) is 23.5 Å². The van der Waals surface area contributed by atoms with Gasteiger partial charge >= 0.3 is 0 Å². The second-order valence-corrected chi connectivity index (χ2v) is 3.53. The minimum absolute atomic E-state index is 0.100. The summed E-state index contributed by atoms with van der Waals surface area (Å²) in [5.41, 5.74) is 0.807. The van der Waals surface area contributed by atoms with Gasteiger partial charge in [0.1, 0.15) is 5.82 Å². The van der Waals surface area contributed by atoms with Crippen LogP contribution in [-0.2, 0) is 4.79 Å². The Labute approximate surface area is 85.7 Å². The van der Waals surface area contributed by atoms with Crippen LogP contribution in [0.15, 0.2) is 12.1 Å². The molecule has 1 aliphatic rings. The summed E-state index contributed by atoms with van der Waals surface area (Å²) in [6, 6.07) is 2.54. The van der Waals surface area contributed by atoms with Gasteiger partial charge in [-0.1, -0.05) is 0 Å². The molecule has 0 saturated heterocycles. The number of hydrogen-bond donors (Lipinski definition) is 1. The molecule has 0 bridgehead atoms. The predicted octanol–water partition coefficient (Wildman–Crippen LogP) is 1.03. The Kier molecular flexibility index (Phi) is 1.96. The zero-order valence-electron chi connectivity index (χ0n) is 8.30. The number of Topliss-reactive ketones (excluding diaryl/α,β-unsaturated/α-hetero) is 1. The molecule has 5 heteroatoms. The molecule has 78 valence electrons. The molecule has 0 fully saturated rings. The van der Waals surface area contributed by atoms with Crippen LogP contribution in [0.4, 0.5) is 15.8 Å². The standard InChI is InChI=1S/C10H9FN2O2/c1-13(2)8-4-7-5(3-6(8)11)9(14)10(15)12-7/h3-4H,1-2H3,(H,12,14,15). The molecule has 0 saturated carbocycles. The second-order valence-electron chi connectivity index (χ2n) is 3.53. The van der Waals surface area contributed by atoms with Crippen molar-refractivity contribution in [2.24, 2.45) is 0 Å². The molecule has 0 unspecified atom stereocenters. The first-order valence-corrected chi connectivity index (χ1v) is 4.37. The van der Waals surface area contributed by atoms with Crippen molar-refractivity contribution in [3.63, 3.8) is 0 Å². The van der Waals surface area contributed by atoms with Crippen LogP contribution < -0.4 is 10.2 Å². The Morgan fingerprint density at radius 2 is 1.93 bits per heavy atom. The van der Waals surface area contributed by atoms with Crippen LogP contribution >= 0.6 is 0 Å². The third kappa shape index (κ3) is 1.36. The summed E-state index contributed by atoms with van der Waals surface area (Å²) in [7, 11) is 3.37. The molecule has 0 spiro atoms. The molecule has 1 aliphatic heterocycles. The number of ketones is 1. The number of nitrogens with zero attached hydrogens (tertiary/aromatic N) is 1. The number of rotatable bonds is 1. The molecule has 1 aromatic carbocycles. The lowest BCUT2D eigenvalue weighted by Gasteiger charge is -2.14. The minimum Gasteiger partial charge on any atom is -0.375 e. The summed E-state index contributed by atoms with van der Waals surface area (Å²) in [4.78, 5) is 23.8. The van der Waals surface area contributed by atoms with Crippen molar-refractivity contribution >= 4 is 23.1 Å². The van der Waals surface area contributed by atoms with Gasteiger partial charge < -0.3 is 10.2 Å². The van der Waals surface area contributed by atoms with E-state index in [0.717, 1.165) is 6.07 Å². The fourth-order valence-corrected chi connectivity index (χ4v) is 1.50. The van der Waals surface area contributed by atoms with E-state index in [0.29, 0.717) is 11.4 Å². The van der Waals surface area contributed by atoms with Crippen molar-refractivity contribution in [2.45, 2.75) is 0 Å². The highest BCUT2D eigenvalue weighted by atomic mass is 19.1. The van der Waals surface area contributed by atoms with E-state index in [-0.39, 0.29) is 5.56 Å². The maximum Gasteiger partial charge on any atom is 0.296 e. The summed E-state index contributed by atoms with van der Waals surface area (Å²) < 4.78 is 13.5. The Balaban J connectivity index is 2.59. The number of hydrogen-bond acceptors (Lipinski definition) is 3. The van der Waals surface area contributed by atoms with Gasteiger partial charge in [0.2, 0.25) is 0 Å². The minimum atomic E-state index is -0.708. The largest absolute Gasteiger partial charge is 0.375 e. The van der Waals surface area contributed by atoms with Crippen molar-refractivity contribution in [2.75, 3.05) is 24.3 Å². The second kappa shape index (κ2) is 3.05. The summed E-state index contributed by atoms with van der Waals surface area (Å²) in [5, 5.41) is 2.39. The molecule has 0 radical (unpaired) electrons. The van der Waals surface area contributed by atoms with Gasteiger partial charge in [0, 0.05) is 14.1 Å². The van der Waals surface area contributed by atoms with E-state index in [4.69, 9.17) is 0 Å². The summed E-state index contributed by atoms with van der Waals surface area (Å²) >= 11 is 0. The fraction of sp³-hybridized carbons (Fsp3) is 0.200. The van der Waals surface area contributed by atoms with E-state index < -0.39 is 17.5 Å². The molecule has 0 atom stereocenters. The van der Waals surface area contributed by atoms with Crippen LogP contribution in [0.5, 0.6) is 0 Å². The average Bonchev–Trinajstić information content (AvgIpc) is 2.43. The maximum atomic E-state index is 13.5. The Hall–Kier alpha value is -1.91. The van der Waals surface area contributed by atoms with E-state index in [1.54, 1.807) is 19.0 Å². The Bertz CT molecular complexity index is 469. The first-order chi connectivity index (χ1) is 7.00. The molecule has 1 aromatic rings. The maximum absolute atomic E-state index is 13.5. The number of carbonyl (C=O) groups is 2. The third-order valence-corrected chi connectivity index (χ3v) is 2.27. The molecule has 0 aliphatic carbocycles. The van der Waals surface area contributed by atoms with Gasteiger partial charge in [0.25, 0.3) is 11.7 Å². The van der Waals surface area contributed by atoms with Gasteiger partial charge in [-0.2, -0.15) is 0 Å². The average molecular weight is 208 g/mol. The lowest BCUT2D eigenvalue weighted by atomic mass is 10.1. The van der Waals surface area contributed by atoms with Crippen molar-refractivity contribution in [1.29, 1.82) is 0 Å². The first-order valence-electron chi connectivity index (χ1n) is 4.37. The van der Waals surface area contributed by atoms with Crippen LogP contribution in [0.3, 0.4) is 0 Å². The number of benzene rings is 1. The van der Waals surface area contributed by atoms with Crippen LogP contribution in [0.1, 0.15) is 10.4 Å². The quantitative estimate of drug-likeness (QED) is 0.701. The molecule has 4 nitrogen and oxygen atoms in total. The van der Waals surface area contributed by atoms with Gasteiger partial charge in [0.05, 0.1) is 16.9 Å². The number of fused-ring (bicyclic) bond motifs is 1. The molecule has 0 aromatic heterocycles. The zero-order valence-corrected chi connectivity index (χ0v) is 8.30. The van der Waals surface area contributed by atoms with Crippen molar-refractivity contribution in [1.82, 2.24) is 0 Å². The Morgan fingerprint density at radius 3 is 2.53 bits per heavy atom. The van der Waals surface area contributed by atoms with Crippen LogP contribution in [0, 0.1) is 5.82 Å². The van der Waals surface area contributed by atoms with Crippen LogP contribution in [0.25, 0.3) is 0 Å². The normalized spacial score (nSPS) is 13.8. The zero-order chi connectivity index (χ0) is 11.2. The van der Waals surface area contributed by atoms with Gasteiger partial charge in [0.15, 0.2) is 0 Å². The number of anilines is 2. The molecule has 1 amide bonds. The van der Waals surface area contributed by atoms with E-state index >= 15 is 0 Å². The molecule has 1 heterocycles. The van der Waals surface area contributed by atoms with E-state index in [2.05, 4.69) is 5.32 Å². The predicted molar refractivity (Wildman–Crippen MR) is 53.7 cm³/mol. The van der Waals surface area contributed by atoms with Gasteiger partial charge in [-0.15, -0.1) is 0 Å². The smallest absolute Gasteiger partial charge is 0.296 e. The SMILES string of the molecule is CN(C)c1cc2c(cc1F)C(=O)C(=O)N2. The number of carbonyl (C=O) groups excluding carboxylic acids is 2. The van der Waals surface area contributed by atoms with Crippen molar-refractivity contribution < 1.29 is 14.0 Å². The van der Waals surface area contributed by atoms with Crippen LogP contribution in [-0.4, -0.2) is 25.8 Å². The number of nitrogens with one attached hydrogen (secondary N) is 1. The lowest BCUT2D eigenvalue weighted by molar-refractivity contribution is -0.112. The highest BCUT2D eigenvalue weighted by Gasteiger charge is 2.29. The first kappa shape index (κ1) is 9.64. The molecule has 15 heavy (non-hydrogen) atoms. The van der Waals surface area contributed by atoms with Crippen molar-refractivity contribution in [3.8, 4) is 0 Å². The van der Waals surface area contributed by atoms with Gasteiger partial charge in [-0.25, -0.2) is 4.39 Å². The van der Waals surface area contributed by atoms with E-state index in [1.165, 1.54) is 6.07 Å². The number of amides is 1. The van der Waals surface area contributed by atoms with Crippen LogP contribution in [0.2, 0.25) is 0 Å². The summed E-state index contributed by atoms with van der Waals surface area (Å²) in [6.07, 6.45) is 0. The molecule has 1 N–H and O–H groups in total. The lowest BCUT2D eigenvalue weighted by Crippen LogP contribution is -2.12. The van der Waals surface area contributed by atoms with Gasteiger partial charge in [-0.05, 0) is 12.1 Å².